The molecule has 0 aliphatic heterocycles. The lowest BCUT2D eigenvalue weighted by Crippen LogP contribution is -2.29. The van der Waals surface area contributed by atoms with Crippen molar-refractivity contribution in [3.63, 3.8) is 0 Å². The summed E-state index contributed by atoms with van der Waals surface area (Å²) < 4.78 is 40.1. The highest BCUT2D eigenvalue weighted by molar-refractivity contribution is 6.45. The van der Waals surface area contributed by atoms with Crippen molar-refractivity contribution < 1.29 is 27.6 Å². The van der Waals surface area contributed by atoms with Gasteiger partial charge in [0.05, 0.1) is 0 Å². The molecule has 0 heterocycles. The fourth-order valence-electron chi connectivity index (χ4n) is 2.56. The molecule has 0 spiro atoms. The summed E-state index contributed by atoms with van der Waals surface area (Å²) in [6.45, 7) is 1.44. The zero-order chi connectivity index (χ0) is 21.4. The molecule has 6 nitrogen and oxygen atoms in total. The number of rotatable bonds is 7. The molecule has 0 aliphatic carbocycles. The lowest BCUT2D eigenvalue weighted by molar-refractivity contribution is -0.114. The van der Waals surface area contributed by atoms with Gasteiger partial charge in [-0.25, -0.2) is 0 Å². The monoisotopic (exact) mass is 407 g/mol. The number of hydrogen-bond donors (Lipinski definition) is 1. The minimum absolute atomic E-state index is 0.0274. The van der Waals surface area contributed by atoms with E-state index in [1.165, 1.54) is 38.4 Å². The molecule has 0 aliphatic rings. The summed E-state index contributed by atoms with van der Waals surface area (Å²) in [7, 11) is 2.72. The number of carbonyl (C=O) groups is 1. The predicted molar refractivity (Wildman–Crippen MR) is 103 cm³/mol. The molecule has 2 aromatic carbocycles. The van der Waals surface area contributed by atoms with Gasteiger partial charge in [0.25, 0.3) is 5.91 Å². The quantitative estimate of drug-likeness (QED) is 0.563. The van der Waals surface area contributed by atoms with E-state index in [1.54, 1.807) is 31.2 Å². The smallest absolute Gasteiger partial charge is 0.398 e. The third-order valence-corrected chi connectivity index (χ3v) is 3.97. The van der Waals surface area contributed by atoms with Crippen molar-refractivity contribution in [3.05, 3.63) is 70.8 Å². The summed E-state index contributed by atoms with van der Waals surface area (Å²) in [5.41, 5.74) is 0.237. The van der Waals surface area contributed by atoms with E-state index in [4.69, 9.17) is 9.68 Å². The number of nitrogens with one attached hydrogen (secondary N) is 1. The van der Waals surface area contributed by atoms with Crippen LogP contribution in [0.4, 0.5) is 13.2 Å². The molecule has 0 aromatic heterocycles. The Morgan fingerprint density at radius 3 is 2.34 bits per heavy atom. The topological polar surface area (TPSA) is 72.3 Å². The molecule has 154 valence electrons. The van der Waals surface area contributed by atoms with Crippen LogP contribution in [0.1, 0.15) is 22.3 Å². The van der Waals surface area contributed by atoms with Crippen molar-refractivity contribution in [2.24, 2.45) is 10.3 Å². The molecule has 1 amide bonds. The molecular weight excluding hydrogens is 387 g/mol. The van der Waals surface area contributed by atoms with Gasteiger partial charge in [-0.3, -0.25) is 4.79 Å². The van der Waals surface area contributed by atoms with Crippen molar-refractivity contribution in [3.8, 4) is 0 Å². The van der Waals surface area contributed by atoms with Gasteiger partial charge in [0.2, 0.25) is 0 Å². The van der Waals surface area contributed by atoms with E-state index in [0.29, 0.717) is 16.7 Å². The summed E-state index contributed by atoms with van der Waals surface area (Å²) >= 11 is 0. The van der Waals surface area contributed by atoms with E-state index in [2.05, 4.69) is 15.6 Å². The maximum Gasteiger partial charge on any atom is 0.437 e. The maximum atomic E-state index is 13.4. The lowest BCUT2D eigenvalue weighted by Gasteiger charge is -2.14. The molecule has 2 aromatic rings. The third kappa shape index (κ3) is 5.56. The highest BCUT2D eigenvalue weighted by atomic mass is 19.4. The second-order valence-corrected chi connectivity index (χ2v) is 5.88. The maximum absolute atomic E-state index is 13.4. The Morgan fingerprint density at radius 2 is 1.76 bits per heavy atom. The molecule has 0 bridgehead atoms. The molecule has 0 fully saturated rings. The van der Waals surface area contributed by atoms with E-state index in [9.17, 15) is 18.0 Å². The van der Waals surface area contributed by atoms with Crippen molar-refractivity contribution >= 4 is 17.3 Å². The summed E-state index contributed by atoms with van der Waals surface area (Å²) in [4.78, 5) is 21.9. The molecule has 2 rings (SSSR count). The number of halogens is 3. The zero-order valence-corrected chi connectivity index (χ0v) is 16.1. The van der Waals surface area contributed by atoms with Crippen molar-refractivity contribution in [1.82, 2.24) is 5.32 Å². The van der Waals surface area contributed by atoms with Gasteiger partial charge in [-0.1, -0.05) is 58.8 Å². The van der Waals surface area contributed by atoms with E-state index in [-0.39, 0.29) is 17.9 Å². The molecule has 29 heavy (non-hydrogen) atoms. The van der Waals surface area contributed by atoms with Gasteiger partial charge in [0, 0.05) is 23.7 Å². The van der Waals surface area contributed by atoms with Gasteiger partial charge < -0.3 is 15.0 Å². The standard InChI is InChI=1S/C20H20F3N3O3/c1-13-8-7-11-15(17(25-28-3)19(27)24-2)16(13)12-29-26-18(20(21,22)23)14-9-5-4-6-10-14/h4-11H,12H2,1-3H3,(H,24,27)/b25-17+,26-18-. The fourth-order valence-corrected chi connectivity index (χ4v) is 2.56. The van der Waals surface area contributed by atoms with Crippen LogP contribution in [0.25, 0.3) is 0 Å². The first-order chi connectivity index (χ1) is 13.8. The molecule has 9 heteroatoms. The Morgan fingerprint density at radius 1 is 1.07 bits per heavy atom. The lowest BCUT2D eigenvalue weighted by atomic mass is 9.98. The second kappa shape index (κ2) is 9.72. The van der Waals surface area contributed by atoms with Crippen molar-refractivity contribution in [2.75, 3.05) is 14.2 Å². The number of benzene rings is 2. The summed E-state index contributed by atoms with van der Waals surface area (Å²) in [5, 5.41) is 9.51. The number of hydrogen-bond acceptors (Lipinski definition) is 5. The first-order valence-corrected chi connectivity index (χ1v) is 8.54. The molecule has 0 atom stereocenters. The Labute approximate surface area is 166 Å². The number of likely N-dealkylation sites (N-methyl/N-ethyl adjacent to an activating group) is 1. The van der Waals surface area contributed by atoms with Crippen LogP contribution in [0, 0.1) is 6.92 Å². The number of amides is 1. The Bertz CT molecular complexity index is 910. The number of alkyl halides is 3. The van der Waals surface area contributed by atoms with Crippen LogP contribution in [0.15, 0.2) is 58.8 Å². The van der Waals surface area contributed by atoms with Gasteiger partial charge in [-0.05, 0) is 12.5 Å². The summed E-state index contributed by atoms with van der Waals surface area (Å²) in [6.07, 6.45) is -4.69. The average Bonchev–Trinajstić information content (AvgIpc) is 2.69. The predicted octanol–water partition coefficient (Wildman–Crippen LogP) is 3.57. The normalized spacial score (nSPS) is 12.5. The number of oxime groups is 2. The summed E-state index contributed by atoms with van der Waals surface area (Å²) in [6, 6.07) is 12.2. The Hall–Kier alpha value is -3.36. The molecule has 0 saturated carbocycles. The van der Waals surface area contributed by atoms with E-state index >= 15 is 0 Å². The van der Waals surface area contributed by atoms with Crippen LogP contribution < -0.4 is 5.32 Å². The first-order valence-electron chi connectivity index (χ1n) is 8.54. The second-order valence-electron chi connectivity index (χ2n) is 5.88. The van der Waals surface area contributed by atoms with Crippen LogP contribution >= 0.6 is 0 Å². The van der Waals surface area contributed by atoms with Crippen LogP contribution in [-0.4, -0.2) is 37.7 Å². The highest BCUT2D eigenvalue weighted by Crippen LogP contribution is 2.24. The van der Waals surface area contributed by atoms with Crippen molar-refractivity contribution in [1.29, 1.82) is 0 Å². The van der Waals surface area contributed by atoms with E-state index in [1.807, 2.05) is 0 Å². The fraction of sp³-hybridized carbons (Fsp3) is 0.250. The van der Waals surface area contributed by atoms with Gasteiger partial charge in [-0.2, -0.15) is 13.2 Å². The number of nitrogens with zero attached hydrogens (tertiary/aromatic N) is 2. The summed E-state index contributed by atoms with van der Waals surface area (Å²) in [5.74, 6) is -0.512. The van der Waals surface area contributed by atoms with Gasteiger partial charge >= 0.3 is 6.18 Å². The van der Waals surface area contributed by atoms with E-state index < -0.39 is 17.8 Å². The van der Waals surface area contributed by atoms with Crippen LogP contribution in [0.5, 0.6) is 0 Å². The van der Waals surface area contributed by atoms with Crippen LogP contribution in [0.2, 0.25) is 0 Å². The molecule has 0 saturated heterocycles. The average molecular weight is 407 g/mol. The molecule has 1 N–H and O–H groups in total. The Balaban J connectivity index is 2.38. The Kier molecular flexibility index (Phi) is 7.35. The number of carbonyl (C=O) groups excluding carboxylic acids is 1. The van der Waals surface area contributed by atoms with Gasteiger partial charge in [-0.15, -0.1) is 0 Å². The molecule has 0 radical (unpaired) electrons. The molecular formula is C20H20F3N3O3. The minimum atomic E-state index is -4.69. The van der Waals surface area contributed by atoms with E-state index in [0.717, 1.165) is 0 Å². The van der Waals surface area contributed by atoms with Crippen LogP contribution in [0.3, 0.4) is 0 Å². The van der Waals surface area contributed by atoms with Gasteiger partial charge in [0.1, 0.15) is 13.7 Å². The van der Waals surface area contributed by atoms with Crippen LogP contribution in [-0.2, 0) is 21.1 Å². The first kappa shape index (κ1) is 21.9. The van der Waals surface area contributed by atoms with Gasteiger partial charge in [0.15, 0.2) is 11.4 Å². The number of aryl methyl sites for hydroxylation is 1. The largest absolute Gasteiger partial charge is 0.437 e. The zero-order valence-electron chi connectivity index (χ0n) is 16.1. The highest BCUT2D eigenvalue weighted by Gasteiger charge is 2.37. The SMILES string of the molecule is CNC(=O)/C(=N/OC)c1cccc(C)c1CO/N=C(/c1ccccc1)C(F)(F)F. The van der Waals surface area contributed by atoms with Crippen molar-refractivity contribution in [2.45, 2.75) is 19.7 Å². The minimum Gasteiger partial charge on any atom is -0.398 e. The third-order valence-electron chi connectivity index (χ3n) is 3.97. The molecule has 0 unspecified atom stereocenters.